The third kappa shape index (κ3) is 1.91. The van der Waals surface area contributed by atoms with E-state index in [0.29, 0.717) is 16.2 Å². The van der Waals surface area contributed by atoms with Gasteiger partial charge in [0, 0.05) is 5.56 Å². The predicted molar refractivity (Wildman–Crippen MR) is 65.8 cm³/mol. The summed E-state index contributed by atoms with van der Waals surface area (Å²) >= 11 is 3.25. The van der Waals surface area contributed by atoms with Crippen LogP contribution < -0.4 is 10.1 Å². The number of carbonyl (C=O) groups is 1. The minimum atomic E-state index is -0.138. The first-order valence-corrected chi connectivity index (χ1v) is 5.79. The molecule has 3 rings (SSSR count). The molecule has 1 amide bonds. The number of ether oxygens (including phenoxy) is 1. The molecule has 0 atom stereocenters. The molecular weight excluding hydrogens is 286 g/mol. The van der Waals surface area contributed by atoms with E-state index in [0.717, 1.165) is 11.3 Å². The van der Waals surface area contributed by atoms with E-state index >= 15 is 0 Å². The molecule has 1 aromatic heterocycles. The summed E-state index contributed by atoms with van der Waals surface area (Å²) in [6.45, 7) is 0.0714. The predicted octanol–water partition coefficient (Wildman–Crippen LogP) is 2.17. The zero-order chi connectivity index (χ0) is 11.8. The lowest BCUT2D eigenvalue weighted by Crippen LogP contribution is -2.25. The maximum Gasteiger partial charge on any atom is 0.262 e. The van der Waals surface area contributed by atoms with E-state index in [2.05, 4.69) is 31.2 Å². The topological polar surface area (TPSA) is 67.0 Å². The van der Waals surface area contributed by atoms with Gasteiger partial charge in [-0.2, -0.15) is 0 Å². The van der Waals surface area contributed by atoms with Crippen LogP contribution >= 0.6 is 15.9 Å². The van der Waals surface area contributed by atoms with Crippen LogP contribution in [0.3, 0.4) is 0 Å². The monoisotopic (exact) mass is 293 g/mol. The lowest BCUT2D eigenvalue weighted by atomic mass is 10.1. The van der Waals surface area contributed by atoms with Gasteiger partial charge in [0.2, 0.25) is 0 Å². The number of fused-ring (bicyclic) bond motifs is 1. The van der Waals surface area contributed by atoms with Gasteiger partial charge in [0.25, 0.3) is 5.91 Å². The summed E-state index contributed by atoms with van der Waals surface area (Å²) in [5.41, 5.74) is 2.50. The largest absolute Gasteiger partial charge is 0.482 e. The molecule has 1 aliphatic heterocycles. The molecule has 0 fully saturated rings. The average Bonchev–Trinajstić information content (AvgIpc) is 2.75. The fourth-order valence-electron chi connectivity index (χ4n) is 1.69. The van der Waals surface area contributed by atoms with Crippen molar-refractivity contribution in [3.05, 3.63) is 29.1 Å². The van der Waals surface area contributed by atoms with Gasteiger partial charge in [0.05, 0.1) is 17.6 Å². The smallest absolute Gasteiger partial charge is 0.262 e. The number of benzene rings is 1. The average molecular weight is 294 g/mol. The molecule has 0 aliphatic carbocycles. The first-order chi connectivity index (χ1) is 8.22. The van der Waals surface area contributed by atoms with Gasteiger partial charge in [-0.15, -0.1) is 0 Å². The highest BCUT2D eigenvalue weighted by Gasteiger charge is 2.16. The molecule has 2 N–H and O–H groups in total. The summed E-state index contributed by atoms with van der Waals surface area (Å²) in [6, 6.07) is 5.60. The number of H-pyrrole nitrogens is 1. The van der Waals surface area contributed by atoms with Gasteiger partial charge in [-0.25, -0.2) is 4.98 Å². The van der Waals surface area contributed by atoms with E-state index in [9.17, 15) is 4.79 Å². The Hall–Kier alpha value is -1.82. The summed E-state index contributed by atoms with van der Waals surface area (Å²) in [6.07, 6.45) is 1.72. The van der Waals surface area contributed by atoms with E-state index < -0.39 is 0 Å². The zero-order valence-electron chi connectivity index (χ0n) is 8.66. The molecule has 17 heavy (non-hydrogen) atoms. The van der Waals surface area contributed by atoms with Crippen LogP contribution in [0.4, 0.5) is 5.69 Å². The summed E-state index contributed by atoms with van der Waals surface area (Å²) in [4.78, 5) is 18.3. The SMILES string of the molecule is O=C1COc2ccc(-c3cnc(Br)[nH]3)cc2N1. The van der Waals surface area contributed by atoms with Gasteiger partial charge in [0.1, 0.15) is 5.75 Å². The highest BCUT2D eigenvalue weighted by molar-refractivity contribution is 9.10. The number of rotatable bonds is 1. The fraction of sp³-hybridized carbons (Fsp3) is 0.0909. The number of imidazole rings is 1. The molecule has 0 unspecified atom stereocenters. The van der Waals surface area contributed by atoms with Crippen molar-refractivity contribution in [1.29, 1.82) is 0 Å². The Morgan fingerprint density at radius 2 is 2.29 bits per heavy atom. The maximum atomic E-state index is 11.2. The molecule has 2 aromatic rings. The lowest BCUT2D eigenvalue weighted by Gasteiger charge is -2.18. The summed E-state index contributed by atoms with van der Waals surface area (Å²) in [7, 11) is 0. The summed E-state index contributed by atoms with van der Waals surface area (Å²) in [5.74, 6) is 0.548. The van der Waals surface area contributed by atoms with Crippen LogP contribution in [0.25, 0.3) is 11.3 Å². The van der Waals surface area contributed by atoms with Crippen LogP contribution in [0.15, 0.2) is 29.1 Å². The van der Waals surface area contributed by atoms with Crippen molar-refractivity contribution < 1.29 is 9.53 Å². The Labute approximate surface area is 105 Å². The first-order valence-electron chi connectivity index (χ1n) is 5.00. The van der Waals surface area contributed by atoms with Crippen molar-refractivity contribution in [2.75, 3.05) is 11.9 Å². The van der Waals surface area contributed by atoms with E-state index in [-0.39, 0.29) is 12.5 Å². The zero-order valence-corrected chi connectivity index (χ0v) is 10.2. The molecule has 1 aromatic carbocycles. The van der Waals surface area contributed by atoms with Gasteiger partial charge in [-0.05, 0) is 34.1 Å². The van der Waals surface area contributed by atoms with Gasteiger partial charge in [-0.3, -0.25) is 4.79 Å². The quantitative estimate of drug-likeness (QED) is 0.847. The van der Waals surface area contributed by atoms with Gasteiger partial charge in [0.15, 0.2) is 11.3 Å². The Morgan fingerprint density at radius 3 is 3.06 bits per heavy atom. The maximum absolute atomic E-state index is 11.2. The second-order valence-electron chi connectivity index (χ2n) is 3.64. The van der Waals surface area contributed by atoms with Crippen molar-refractivity contribution in [2.24, 2.45) is 0 Å². The number of carbonyl (C=O) groups excluding carboxylic acids is 1. The highest BCUT2D eigenvalue weighted by atomic mass is 79.9. The number of nitrogens with one attached hydrogen (secondary N) is 2. The Balaban J connectivity index is 2.03. The van der Waals surface area contributed by atoms with Gasteiger partial charge >= 0.3 is 0 Å². The third-order valence-electron chi connectivity index (χ3n) is 2.47. The number of aromatic nitrogens is 2. The number of hydrogen-bond donors (Lipinski definition) is 2. The van der Waals surface area contributed by atoms with Crippen molar-refractivity contribution in [1.82, 2.24) is 9.97 Å². The lowest BCUT2D eigenvalue weighted by molar-refractivity contribution is -0.118. The standard InChI is InChI=1S/C11H8BrN3O2/c12-11-13-4-8(15-11)6-1-2-9-7(3-6)14-10(16)5-17-9/h1-4H,5H2,(H,13,15)(H,14,16). The first kappa shape index (κ1) is 10.3. The molecule has 2 heterocycles. The molecule has 86 valence electrons. The summed E-state index contributed by atoms with van der Waals surface area (Å²) in [5, 5.41) is 2.77. The number of anilines is 1. The number of halogens is 1. The third-order valence-corrected chi connectivity index (χ3v) is 2.87. The Bertz CT molecular complexity index is 594. The summed E-state index contributed by atoms with van der Waals surface area (Å²) < 4.78 is 5.96. The van der Waals surface area contributed by atoms with Crippen molar-refractivity contribution in [3.8, 4) is 17.0 Å². The van der Waals surface area contributed by atoms with E-state index in [1.165, 1.54) is 0 Å². The highest BCUT2D eigenvalue weighted by Crippen LogP contribution is 2.32. The molecule has 1 aliphatic rings. The molecule has 0 saturated carbocycles. The van der Waals surface area contributed by atoms with Crippen LogP contribution in [-0.2, 0) is 4.79 Å². The molecular formula is C11H8BrN3O2. The normalized spacial score (nSPS) is 13.8. The van der Waals surface area contributed by atoms with Crippen molar-refractivity contribution in [3.63, 3.8) is 0 Å². The van der Waals surface area contributed by atoms with E-state index in [1.807, 2.05) is 18.2 Å². The van der Waals surface area contributed by atoms with Crippen LogP contribution in [0.1, 0.15) is 0 Å². The molecule has 0 bridgehead atoms. The van der Waals surface area contributed by atoms with Crippen LogP contribution in [0.5, 0.6) is 5.75 Å². The van der Waals surface area contributed by atoms with Crippen LogP contribution in [-0.4, -0.2) is 22.5 Å². The van der Waals surface area contributed by atoms with Gasteiger partial charge < -0.3 is 15.0 Å². The van der Waals surface area contributed by atoms with Crippen LogP contribution in [0, 0.1) is 0 Å². The number of nitrogens with zero attached hydrogens (tertiary/aromatic N) is 1. The number of hydrogen-bond acceptors (Lipinski definition) is 3. The van der Waals surface area contributed by atoms with Crippen LogP contribution in [0.2, 0.25) is 0 Å². The Morgan fingerprint density at radius 1 is 1.41 bits per heavy atom. The molecule has 5 nitrogen and oxygen atoms in total. The minimum absolute atomic E-state index is 0.0714. The minimum Gasteiger partial charge on any atom is -0.482 e. The van der Waals surface area contributed by atoms with E-state index in [4.69, 9.17) is 4.74 Å². The van der Waals surface area contributed by atoms with Crippen molar-refractivity contribution in [2.45, 2.75) is 0 Å². The second kappa shape index (κ2) is 3.89. The molecule has 6 heteroatoms. The van der Waals surface area contributed by atoms with Gasteiger partial charge in [-0.1, -0.05) is 0 Å². The number of aromatic amines is 1. The van der Waals surface area contributed by atoms with Crippen molar-refractivity contribution >= 4 is 27.5 Å². The van der Waals surface area contributed by atoms with E-state index in [1.54, 1.807) is 6.20 Å². The second-order valence-corrected chi connectivity index (χ2v) is 4.39. The molecule has 0 spiro atoms. The fourth-order valence-corrected chi connectivity index (χ4v) is 2.01. The Kier molecular flexibility index (Phi) is 2.36. The number of amides is 1. The molecule has 0 saturated heterocycles. The molecule has 0 radical (unpaired) electrons.